The van der Waals surface area contributed by atoms with Crippen molar-refractivity contribution in [2.75, 3.05) is 14.2 Å². The second-order valence-corrected chi connectivity index (χ2v) is 4.72. The Morgan fingerprint density at radius 3 is 1.36 bits per heavy atom. The number of methoxy groups -OCH3 is 2. The molecule has 6 heteroatoms. The molecule has 3 rings (SSSR count). The van der Waals surface area contributed by atoms with Crippen LogP contribution in [0.15, 0.2) is 43.4 Å². The Morgan fingerprint density at radius 1 is 0.682 bits per heavy atom. The summed E-state index contributed by atoms with van der Waals surface area (Å²) in [5.41, 5.74) is -2.12. The molecule has 0 amide bonds. The van der Waals surface area contributed by atoms with Crippen molar-refractivity contribution in [3.05, 3.63) is 65.2 Å². The van der Waals surface area contributed by atoms with E-state index < -0.39 is 21.7 Å². The second-order valence-electron chi connectivity index (χ2n) is 4.72. The molecular formula is C16H10O6. The fourth-order valence-corrected chi connectivity index (χ4v) is 2.56. The van der Waals surface area contributed by atoms with Crippen molar-refractivity contribution < 1.29 is 9.47 Å². The molecule has 0 radical (unpaired) electrons. The van der Waals surface area contributed by atoms with Gasteiger partial charge in [-0.3, -0.25) is 19.2 Å². The number of fused-ring (bicyclic) bond motifs is 3. The van der Waals surface area contributed by atoms with Gasteiger partial charge in [-0.25, -0.2) is 0 Å². The monoisotopic (exact) mass is 298 g/mol. The number of rotatable bonds is 2. The first-order chi connectivity index (χ1) is 10.5. The SMILES string of the molecule is COc1cc(=O)c2ccc3c(=O)cc(OC)c(=O)c3c2c1=O. The highest BCUT2D eigenvalue weighted by molar-refractivity contribution is 6.08. The molecule has 0 saturated carbocycles. The Morgan fingerprint density at radius 2 is 1.05 bits per heavy atom. The summed E-state index contributed by atoms with van der Waals surface area (Å²) in [4.78, 5) is 49.0. The minimum atomic E-state index is -0.604. The molecule has 0 aliphatic rings. The molecule has 0 aliphatic heterocycles. The van der Waals surface area contributed by atoms with Gasteiger partial charge in [0.2, 0.25) is 10.9 Å². The standard InChI is InChI=1S/C16H10O6/c1-21-11-5-9(17)7-3-4-8-10(18)6-12(22-2)16(20)14(8)13(7)15(11)19/h3-6H,1-2H3. The highest BCUT2D eigenvalue weighted by atomic mass is 16.5. The van der Waals surface area contributed by atoms with Gasteiger partial charge in [0.1, 0.15) is 0 Å². The summed E-state index contributed by atoms with van der Waals surface area (Å²) in [5.74, 6) is -0.334. The fourth-order valence-electron chi connectivity index (χ4n) is 2.56. The first kappa shape index (κ1) is 13.9. The van der Waals surface area contributed by atoms with Crippen LogP contribution in [0.1, 0.15) is 0 Å². The first-order valence-corrected chi connectivity index (χ1v) is 6.36. The Labute approximate surface area is 122 Å². The van der Waals surface area contributed by atoms with Gasteiger partial charge < -0.3 is 9.47 Å². The molecule has 0 bridgehead atoms. The topological polar surface area (TPSA) is 86.7 Å². The van der Waals surface area contributed by atoms with Crippen molar-refractivity contribution >= 4 is 21.5 Å². The van der Waals surface area contributed by atoms with Crippen molar-refractivity contribution in [2.45, 2.75) is 0 Å². The van der Waals surface area contributed by atoms with Crippen LogP contribution in [-0.2, 0) is 0 Å². The van der Waals surface area contributed by atoms with Gasteiger partial charge in [0.25, 0.3) is 0 Å². The zero-order valence-corrected chi connectivity index (χ0v) is 11.8. The molecule has 0 spiro atoms. The predicted octanol–water partition coefficient (Wildman–Crippen LogP) is 0.327. The van der Waals surface area contributed by atoms with Crippen molar-refractivity contribution in [1.29, 1.82) is 0 Å². The smallest absolute Gasteiger partial charge is 0.229 e. The molecule has 3 aromatic carbocycles. The van der Waals surface area contributed by atoms with E-state index in [1.807, 2.05) is 0 Å². The van der Waals surface area contributed by atoms with Crippen molar-refractivity contribution in [3.8, 4) is 11.5 Å². The summed E-state index contributed by atoms with van der Waals surface area (Å²) in [7, 11) is 2.51. The zero-order valence-electron chi connectivity index (χ0n) is 11.8. The highest BCUT2D eigenvalue weighted by Crippen LogP contribution is 2.19. The third kappa shape index (κ3) is 1.74. The van der Waals surface area contributed by atoms with Crippen LogP contribution in [0.2, 0.25) is 0 Å². The fraction of sp³-hybridized carbons (Fsp3) is 0.125. The maximum absolute atomic E-state index is 12.4. The van der Waals surface area contributed by atoms with Gasteiger partial charge >= 0.3 is 0 Å². The molecule has 110 valence electrons. The van der Waals surface area contributed by atoms with Gasteiger partial charge in [-0.05, 0) is 12.1 Å². The summed E-state index contributed by atoms with van der Waals surface area (Å²) in [6.45, 7) is 0. The Hall–Kier alpha value is -3.02. The molecule has 0 atom stereocenters. The van der Waals surface area contributed by atoms with E-state index in [2.05, 4.69) is 0 Å². The minimum Gasteiger partial charge on any atom is -0.492 e. The Balaban J connectivity index is 2.78. The van der Waals surface area contributed by atoms with E-state index in [0.29, 0.717) is 0 Å². The molecule has 0 aromatic heterocycles. The molecule has 0 aliphatic carbocycles. The molecule has 6 nitrogen and oxygen atoms in total. The van der Waals surface area contributed by atoms with Crippen LogP contribution in [0.3, 0.4) is 0 Å². The molecule has 0 heterocycles. The number of hydrogen-bond acceptors (Lipinski definition) is 6. The Kier molecular flexibility index (Phi) is 3.02. The summed E-state index contributed by atoms with van der Waals surface area (Å²) in [6, 6.07) is 4.88. The van der Waals surface area contributed by atoms with E-state index in [4.69, 9.17) is 9.47 Å². The van der Waals surface area contributed by atoms with Crippen molar-refractivity contribution in [3.63, 3.8) is 0 Å². The van der Waals surface area contributed by atoms with E-state index in [9.17, 15) is 19.2 Å². The third-order valence-corrected chi connectivity index (χ3v) is 3.60. The lowest BCUT2D eigenvalue weighted by molar-refractivity contribution is 0.411. The molecule has 22 heavy (non-hydrogen) atoms. The van der Waals surface area contributed by atoms with Gasteiger partial charge in [0.15, 0.2) is 22.4 Å². The summed E-state index contributed by atoms with van der Waals surface area (Å²) in [6.07, 6.45) is 0. The van der Waals surface area contributed by atoms with E-state index in [0.717, 1.165) is 12.1 Å². The quantitative estimate of drug-likeness (QED) is 0.634. The van der Waals surface area contributed by atoms with Crippen LogP contribution < -0.4 is 31.2 Å². The summed E-state index contributed by atoms with van der Waals surface area (Å²) < 4.78 is 9.77. The zero-order chi connectivity index (χ0) is 16.0. The lowest BCUT2D eigenvalue weighted by atomic mass is 10.00. The largest absolute Gasteiger partial charge is 0.492 e. The van der Waals surface area contributed by atoms with Gasteiger partial charge in [0.05, 0.1) is 14.2 Å². The maximum atomic E-state index is 12.4. The minimum absolute atomic E-state index is 0.0723. The summed E-state index contributed by atoms with van der Waals surface area (Å²) in [5, 5.41) is -0.0724. The van der Waals surface area contributed by atoms with Gasteiger partial charge in [-0.15, -0.1) is 0 Å². The predicted molar refractivity (Wildman–Crippen MR) is 82.0 cm³/mol. The van der Waals surface area contributed by atoms with E-state index in [1.54, 1.807) is 0 Å². The van der Waals surface area contributed by atoms with Crippen LogP contribution in [0.25, 0.3) is 21.5 Å². The molecule has 0 saturated heterocycles. The summed E-state index contributed by atoms with van der Waals surface area (Å²) >= 11 is 0. The average Bonchev–Trinajstić information content (AvgIpc) is 2.52. The molecular weight excluding hydrogens is 288 g/mol. The average molecular weight is 298 g/mol. The van der Waals surface area contributed by atoms with E-state index >= 15 is 0 Å². The van der Waals surface area contributed by atoms with E-state index in [-0.39, 0.29) is 33.0 Å². The van der Waals surface area contributed by atoms with Gasteiger partial charge in [-0.1, -0.05) is 0 Å². The van der Waals surface area contributed by atoms with Crippen molar-refractivity contribution in [2.24, 2.45) is 0 Å². The van der Waals surface area contributed by atoms with Crippen LogP contribution in [0.4, 0.5) is 0 Å². The normalized spacial score (nSPS) is 11.0. The van der Waals surface area contributed by atoms with Gasteiger partial charge in [-0.2, -0.15) is 0 Å². The lowest BCUT2D eigenvalue weighted by Gasteiger charge is -2.05. The van der Waals surface area contributed by atoms with Crippen molar-refractivity contribution in [1.82, 2.24) is 0 Å². The first-order valence-electron chi connectivity index (χ1n) is 6.36. The molecule has 0 fully saturated rings. The molecule has 3 aromatic rings. The van der Waals surface area contributed by atoms with Crippen LogP contribution >= 0.6 is 0 Å². The van der Waals surface area contributed by atoms with Crippen LogP contribution in [0.5, 0.6) is 11.5 Å². The number of benzene rings is 3. The number of ether oxygens (including phenoxy) is 2. The number of hydrogen-bond donors (Lipinski definition) is 0. The van der Waals surface area contributed by atoms with E-state index in [1.165, 1.54) is 26.4 Å². The third-order valence-electron chi connectivity index (χ3n) is 3.60. The maximum Gasteiger partial charge on any atom is 0.229 e. The molecule has 0 unspecified atom stereocenters. The lowest BCUT2D eigenvalue weighted by Crippen LogP contribution is -2.19. The Bertz CT molecular complexity index is 1030. The van der Waals surface area contributed by atoms with Gasteiger partial charge in [0, 0.05) is 33.7 Å². The van der Waals surface area contributed by atoms with Crippen LogP contribution in [-0.4, -0.2) is 14.2 Å². The highest BCUT2D eigenvalue weighted by Gasteiger charge is 2.17. The molecule has 0 N–H and O–H groups in total. The van der Waals surface area contributed by atoms with Crippen LogP contribution in [0, 0.1) is 0 Å². The second kappa shape index (κ2) is 4.77.